The van der Waals surface area contributed by atoms with Gasteiger partial charge in [-0.1, -0.05) is 288 Å². The number of rotatable bonds is 59. The Morgan fingerprint density at radius 1 is 0.278 bits per heavy atom. The second-order valence-corrected chi connectivity index (χ2v) is 21.7. The number of hydrogen-bond donors (Lipinski definition) is 0. The lowest BCUT2D eigenvalue weighted by atomic mass is 10.0. The minimum absolute atomic E-state index is 0.0698. The summed E-state index contributed by atoms with van der Waals surface area (Å²) in [5, 5.41) is 0. The molecule has 0 bridgehead atoms. The van der Waals surface area contributed by atoms with Crippen LogP contribution in [0.1, 0.15) is 348 Å². The van der Waals surface area contributed by atoms with E-state index in [9.17, 15) is 14.4 Å². The van der Waals surface area contributed by atoms with Crippen LogP contribution < -0.4 is 0 Å². The van der Waals surface area contributed by atoms with Gasteiger partial charge in [-0.3, -0.25) is 14.4 Å². The fourth-order valence-electron chi connectivity index (χ4n) is 9.53. The first-order valence-corrected chi connectivity index (χ1v) is 32.0. The molecule has 0 rings (SSSR count). The van der Waals surface area contributed by atoms with Crippen molar-refractivity contribution in [3.8, 4) is 0 Å². The second-order valence-electron chi connectivity index (χ2n) is 21.7. The number of ether oxygens (including phenoxy) is 3. The molecule has 0 aromatic carbocycles. The van der Waals surface area contributed by atoms with Gasteiger partial charge in [0.25, 0.3) is 0 Å². The molecule has 0 heterocycles. The van der Waals surface area contributed by atoms with E-state index in [2.05, 4.69) is 57.2 Å². The molecular weight excluding hydrogens is 889 g/mol. The van der Waals surface area contributed by atoms with Crippen molar-refractivity contribution in [2.75, 3.05) is 13.2 Å². The zero-order valence-electron chi connectivity index (χ0n) is 48.5. The van der Waals surface area contributed by atoms with E-state index in [-0.39, 0.29) is 31.1 Å². The molecule has 1 unspecified atom stereocenters. The van der Waals surface area contributed by atoms with Crippen molar-refractivity contribution < 1.29 is 28.6 Å². The van der Waals surface area contributed by atoms with E-state index in [1.54, 1.807) is 0 Å². The summed E-state index contributed by atoms with van der Waals surface area (Å²) in [5.41, 5.74) is 0. The molecule has 0 saturated carbocycles. The maximum absolute atomic E-state index is 12.9. The summed E-state index contributed by atoms with van der Waals surface area (Å²) in [6.07, 6.45) is 74.3. The first-order chi connectivity index (χ1) is 35.5. The van der Waals surface area contributed by atoms with E-state index in [0.717, 1.165) is 64.2 Å². The number of esters is 3. The highest BCUT2D eigenvalue weighted by molar-refractivity contribution is 5.71. The monoisotopic (exact) mass is 1010 g/mol. The fraction of sp³-hybridized carbons (Fsp3) is 0.864. The third kappa shape index (κ3) is 58.5. The number of allylic oxidation sites excluding steroid dienone is 6. The minimum atomic E-state index is -0.773. The van der Waals surface area contributed by atoms with Gasteiger partial charge in [-0.2, -0.15) is 0 Å². The highest BCUT2D eigenvalue weighted by atomic mass is 16.6. The van der Waals surface area contributed by atoms with Crippen LogP contribution in [0.2, 0.25) is 0 Å². The van der Waals surface area contributed by atoms with Crippen LogP contribution in [0.4, 0.5) is 0 Å². The Morgan fingerprint density at radius 3 is 0.778 bits per heavy atom. The van der Waals surface area contributed by atoms with Crippen molar-refractivity contribution in [3.05, 3.63) is 36.5 Å². The molecule has 0 saturated heterocycles. The highest BCUT2D eigenvalue weighted by Gasteiger charge is 2.19. The van der Waals surface area contributed by atoms with E-state index in [1.807, 2.05) is 0 Å². The molecule has 0 spiro atoms. The predicted octanol–water partition coefficient (Wildman–Crippen LogP) is 21.6. The lowest BCUT2D eigenvalue weighted by Gasteiger charge is -2.18. The van der Waals surface area contributed by atoms with Gasteiger partial charge >= 0.3 is 17.9 Å². The molecule has 0 aromatic rings. The van der Waals surface area contributed by atoms with Crippen LogP contribution in [0.5, 0.6) is 0 Å². The van der Waals surface area contributed by atoms with Gasteiger partial charge in [0.15, 0.2) is 6.10 Å². The van der Waals surface area contributed by atoms with Crippen molar-refractivity contribution in [3.63, 3.8) is 0 Å². The Bertz CT molecular complexity index is 1210. The smallest absolute Gasteiger partial charge is 0.306 e. The molecule has 0 amide bonds. The Balaban J connectivity index is 4.32. The normalized spacial score (nSPS) is 12.2. The van der Waals surface area contributed by atoms with Gasteiger partial charge in [-0.25, -0.2) is 0 Å². The Morgan fingerprint density at radius 2 is 0.500 bits per heavy atom. The van der Waals surface area contributed by atoms with E-state index >= 15 is 0 Å². The van der Waals surface area contributed by atoms with Crippen LogP contribution in [0.15, 0.2) is 36.5 Å². The minimum Gasteiger partial charge on any atom is -0.462 e. The van der Waals surface area contributed by atoms with Crippen molar-refractivity contribution in [1.82, 2.24) is 0 Å². The molecule has 72 heavy (non-hydrogen) atoms. The van der Waals surface area contributed by atoms with Gasteiger partial charge in [0.05, 0.1) is 0 Å². The molecule has 0 aliphatic rings. The fourth-order valence-corrected chi connectivity index (χ4v) is 9.53. The summed E-state index contributed by atoms with van der Waals surface area (Å²) >= 11 is 0. The Hall–Kier alpha value is -2.37. The maximum atomic E-state index is 12.9. The lowest BCUT2D eigenvalue weighted by molar-refractivity contribution is -0.167. The maximum Gasteiger partial charge on any atom is 0.306 e. The summed E-state index contributed by atoms with van der Waals surface area (Å²) < 4.78 is 16.9. The van der Waals surface area contributed by atoms with Crippen molar-refractivity contribution in [1.29, 1.82) is 0 Å². The molecular formula is C66H122O6. The van der Waals surface area contributed by atoms with Crippen molar-refractivity contribution >= 4 is 17.9 Å². The molecule has 0 aliphatic heterocycles. The molecule has 1 atom stereocenters. The summed E-state index contributed by atoms with van der Waals surface area (Å²) in [5.74, 6) is -0.853. The lowest BCUT2D eigenvalue weighted by Crippen LogP contribution is -2.30. The van der Waals surface area contributed by atoms with Gasteiger partial charge < -0.3 is 14.2 Å². The standard InChI is InChI=1S/C66H122O6/c1-4-7-10-13-16-19-22-25-28-30-32-33-35-36-38-41-44-47-50-53-56-59-65(68)71-62-63(61-70-64(67)58-55-52-49-46-43-40-27-24-21-18-15-12-9-6-3)72-66(69)60-57-54-51-48-45-42-39-37-34-31-29-26-23-20-17-14-11-8-5-2/h22,25-26,29-30,32,63H,4-21,23-24,27-28,31,33-62H2,1-3H3/b25-22-,29-26-,32-30-. The molecule has 422 valence electrons. The zero-order valence-corrected chi connectivity index (χ0v) is 48.5. The average Bonchev–Trinajstić information content (AvgIpc) is 3.38. The van der Waals surface area contributed by atoms with E-state index in [0.29, 0.717) is 19.3 Å². The van der Waals surface area contributed by atoms with E-state index in [1.165, 1.54) is 244 Å². The second kappa shape index (κ2) is 61.2. The quantitative estimate of drug-likeness (QED) is 0.0261. The summed E-state index contributed by atoms with van der Waals surface area (Å²) in [7, 11) is 0. The van der Waals surface area contributed by atoms with Crippen LogP contribution in [0, 0.1) is 0 Å². The van der Waals surface area contributed by atoms with Crippen LogP contribution in [-0.4, -0.2) is 37.2 Å². The van der Waals surface area contributed by atoms with Gasteiger partial charge in [0.2, 0.25) is 0 Å². The summed E-state index contributed by atoms with van der Waals surface area (Å²) in [6, 6.07) is 0. The Kier molecular flexibility index (Phi) is 59.2. The average molecular weight is 1010 g/mol. The number of hydrogen-bond acceptors (Lipinski definition) is 6. The summed E-state index contributed by atoms with van der Waals surface area (Å²) in [4.78, 5) is 38.3. The first kappa shape index (κ1) is 69.6. The summed E-state index contributed by atoms with van der Waals surface area (Å²) in [6.45, 7) is 6.68. The third-order valence-electron chi connectivity index (χ3n) is 14.4. The van der Waals surface area contributed by atoms with Gasteiger partial charge in [-0.05, 0) is 77.0 Å². The van der Waals surface area contributed by atoms with E-state index in [4.69, 9.17) is 14.2 Å². The van der Waals surface area contributed by atoms with Crippen molar-refractivity contribution in [2.45, 2.75) is 354 Å². The van der Waals surface area contributed by atoms with Crippen molar-refractivity contribution in [2.24, 2.45) is 0 Å². The number of carbonyl (C=O) groups excluding carboxylic acids is 3. The van der Waals surface area contributed by atoms with Gasteiger partial charge in [-0.15, -0.1) is 0 Å². The van der Waals surface area contributed by atoms with Gasteiger partial charge in [0.1, 0.15) is 13.2 Å². The molecule has 0 radical (unpaired) electrons. The van der Waals surface area contributed by atoms with Crippen LogP contribution in [0.3, 0.4) is 0 Å². The molecule has 0 N–H and O–H groups in total. The molecule has 0 fully saturated rings. The number of carbonyl (C=O) groups is 3. The zero-order chi connectivity index (χ0) is 52.2. The molecule has 6 heteroatoms. The first-order valence-electron chi connectivity index (χ1n) is 32.0. The molecule has 0 aromatic heterocycles. The largest absolute Gasteiger partial charge is 0.462 e. The predicted molar refractivity (Wildman–Crippen MR) is 312 cm³/mol. The van der Waals surface area contributed by atoms with Gasteiger partial charge in [0, 0.05) is 19.3 Å². The highest BCUT2D eigenvalue weighted by Crippen LogP contribution is 2.17. The van der Waals surface area contributed by atoms with E-state index < -0.39 is 6.10 Å². The topological polar surface area (TPSA) is 78.9 Å². The van der Waals surface area contributed by atoms with Crippen LogP contribution >= 0.6 is 0 Å². The SMILES string of the molecule is CCCCCCC/C=C\C/C=C\CCCCCCCCCCCC(=O)OCC(COC(=O)CCCCCCCCCCCCCCCC)OC(=O)CCCCCCCCCCC/C=C\CCCCCCCC. The van der Waals surface area contributed by atoms with Crippen LogP contribution in [-0.2, 0) is 28.6 Å². The number of unbranched alkanes of at least 4 members (excludes halogenated alkanes) is 42. The molecule has 6 nitrogen and oxygen atoms in total. The van der Waals surface area contributed by atoms with Crippen LogP contribution in [0.25, 0.3) is 0 Å². The molecule has 0 aliphatic carbocycles. The third-order valence-corrected chi connectivity index (χ3v) is 14.4. The Labute approximate surface area is 448 Å².